The van der Waals surface area contributed by atoms with Crippen molar-refractivity contribution in [2.75, 3.05) is 7.11 Å². The first-order valence-corrected chi connectivity index (χ1v) is 11.5. The molecule has 0 aliphatic rings. The number of aromatic nitrogens is 3. The molecule has 180 valence electrons. The average Bonchev–Trinajstić information content (AvgIpc) is 3.31. The third-order valence-corrected chi connectivity index (χ3v) is 6.24. The first-order chi connectivity index (χ1) is 16.8. The normalized spacial score (nSPS) is 10.9. The van der Waals surface area contributed by atoms with Crippen molar-refractivity contribution in [1.29, 1.82) is 0 Å². The van der Waals surface area contributed by atoms with Crippen LogP contribution >= 0.6 is 22.9 Å². The predicted octanol–water partition coefficient (Wildman–Crippen LogP) is 4.55. The van der Waals surface area contributed by atoms with Gasteiger partial charge in [-0.15, -0.1) is 10.2 Å². The number of ether oxygens (including phenoxy) is 2. The van der Waals surface area contributed by atoms with Crippen LogP contribution in [0, 0.1) is 12.7 Å². The van der Waals surface area contributed by atoms with Gasteiger partial charge in [0.15, 0.2) is 10.0 Å². The van der Waals surface area contributed by atoms with E-state index in [0.717, 1.165) is 0 Å². The van der Waals surface area contributed by atoms with E-state index >= 15 is 4.39 Å². The molecule has 0 spiro atoms. The molecule has 3 N–H and O–H groups in total. The standard InChI is InChI=1S/C24H20ClFN4O4S/c1-12-9-16(19-17(33-2)8-3-13(10-31)21(19)26)20(23(27)32)22(28-12)24-30-29-18(35-24)11-34-15-6-4-14(25)5-7-15/h3-9,31H,10-11H2,1-2H3,(H2,27,32). The van der Waals surface area contributed by atoms with Gasteiger partial charge < -0.3 is 20.3 Å². The molecule has 0 aliphatic heterocycles. The fourth-order valence-corrected chi connectivity index (χ4v) is 4.38. The van der Waals surface area contributed by atoms with E-state index in [0.29, 0.717) is 26.5 Å². The van der Waals surface area contributed by atoms with Gasteiger partial charge in [-0.2, -0.15) is 0 Å². The molecule has 0 saturated carbocycles. The largest absolute Gasteiger partial charge is 0.496 e. The lowest BCUT2D eigenvalue weighted by Gasteiger charge is -2.16. The highest BCUT2D eigenvalue weighted by atomic mass is 35.5. The summed E-state index contributed by atoms with van der Waals surface area (Å²) in [6, 6.07) is 11.3. The molecule has 35 heavy (non-hydrogen) atoms. The summed E-state index contributed by atoms with van der Waals surface area (Å²) in [6.07, 6.45) is 0. The molecule has 0 unspecified atom stereocenters. The quantitative estimate of drug-likeness (QED) is 0.354. The van der Waals surface area contributed by atoms with Crippen LogP contribution in [0.1, 0.15) is 26.6 Å². The van der Waals surface area contributed by atoms with Gasteiger partial charge in [0.25, 0.3) is 5.91 Å². The van der Waals surface area contributed by atoms with Crippen LogP contribution < -0.4 is 15.2 Å². The molecule has 11 heteroatoms. The van der Waals surface area contributed by atoms with Gasteiger partial charge in [-0.25, -0.2) is 9.37 Å². The minimum absolute atomic E-state index is 0.00425. The number of carbonyl (C=O) groups excluding carboxylic acids is 1. The minimum atomic E-state index is -0.826. The van der Waals surface area contributed by atoms with Crippen molar-refractivity contribution >= 4 is 28.8 Å². The molecule has 1 amide bonds. The van der Waals surface area contributed by atoms with Crippen LogP contribution in [0.5, 0.6) is 11.5 Å². The number of primary amides is 1. The van der Waals surface area contributed by atoms with Gasteiger partial charge >= 0.3 is 0 Å². The Morgan fingerprint density at radius 3 is 2.60 bits per heavy atom. The van der Waals surface area contributed by atoms with Crippen molar-refractivity contribution in [3.63, 3.8) is 0 Å². The predicted molar refractivity (Wildman–Crippen MR) is 130 cm³/mol. The highest BCUT2D eigenvalue weighted by molar-refractivity contribution is 7.14. The molecule has 2 aromatic heterocycles. The lowest BCUT2D eigenvalue weighted by atomic mass is 9.94. The van der Waals surface area contributed by atoms with E-state index in [1.54, 1.807) is 31.2 Å². The maximum atomic E-state index is 15.3. The third kappa shape index (κ3) is 5.09. The van der Waals surface area contributed by atoms with Gasteiger partial charge in [0, 0.05) is 21.8 Å². The van der Waals surface area contributed by atoms with Gasteiger partial charge in [-0.3, -0.25) is 4.79 Å². The van der Waals surface area contributed by atoms with Crippen LogP contribution in [0.15, 0.2) is 42.5 Å². The second kappa shape index (κ2) is 10.3. The number of aryl methyl sites for hydroxylation is 1. The summed E-state index contributed by atoms with van der Waals surface area (Å²) in [5.74, 6) is -0.771. The maximum absolute atomic E-state index is 15.3. The number of aliphatic hydroxyl groups is 1. The van der Waals surface area contributed by atoms with E-state index < -0.39 is 18.3 Å². The van der Waals surface area contributed by atoms with Gasteiger partial charge in [0.1, 0.15) is 29.6 Å². The molecule has 8 nitrogen and oxygen atoms in total. The monoisotopic (exact) mass is 514 g/mol. The molecule has 0 bridgehead atoms. The highest BCUT2D eigenvalue weighted by Gasteiger charge is 2.26. The summed E-state index contributed by atoms with van der Waals surface area (Å²) in [6.45, 7) is 1.30. The second-order valence-electron chi connectivity index (χ2n) is 7.42. The fourth-order valence-electron chi connectivity index (χ4n) is 3.50. The van der Waals surface area contributed by atoms with Crippen molar-refractivity contribution in [3.05, 3.63) is 75.1 Å². The van der Waals surface area contributed by atoms with E-state index in [9.17, 15) is 9.90 Å². The summed E-state index contributed by atoms with van der Waals surface area (Å²) in [4.78, 5) is 17.1. The van der Waals surface area contributed by atoms with Crippen LogP contribution in [0.3, 0.4) is 0 Å². The number of hydrogen-bond donors (Lipinski definition) is 2. The lowest BCUT2D eigenvalue weighted by molar-refractivity contribution is 0.100. The number of rotatable bonds is 8. The van der Waals surface area contributed by atoms with E-state index in [1.807, 2.05) is 0 Å². The zero-order chi connectivity index (χ0) is 25.1. The van der Waals surface area contributed by atoms with Gasteiger partial charge in [-0.05, 0) is 43.3 Å². The number of nitrogens with two attached hydrogens (primary N) is 1. The number of nitrogens with zero attached hydrogens (tertiary/aromatic N) is 3. The van der Waals surface area contributed by atoms with Gasteiger partial charge in [0.2, 0.25) is 0 Å². The first kappa shape index (κ1) is 24.5. The molecular weight excluding hydrogens is 495 g/mol. The van der Waals surface area contributed by atoms with Crippen LogP contribution in [-0.4, -0.2) is 33.3 Å². The van der Waals surface area contributed by atoms with Crippen LogP contribution in [0.2, 0.25) is 5.02 Å². The zero-order valence-electron chi connectivity index (χ0n) is 18.7. The number of amides is 1. The Morgan fingerprint density at radius 2 is 1.94 bits per heavy atom. The Kier molecular flexibility index (Phi) is 7.25. The number of carbonyl (C=O) groups is 1. The smallest absolute Gasteiger partial charge is 0.251 e. The Morgan fingerprint density at radius 1 is 1.20 bits per heavy atom. The Labute approximate surface area is 209 Å². The minimum Gasteiger partial charge on any atom is -0.496 e. The molecule has 0 saturated heterocycles. The molecule has 4 aromatic rings. The maximum Gasteiger partial charge on any atom is 0.251 e. The summed E-state index contributed by atoms with van der Waals surface area (Å²) in [7, 11) is 1.38. The summed E-state index contributed by atoms with van der Waals surface area (Å²) in [5, 5.41) is 19.3. The van der Waals surface area contributed by atoms with E-state index in [-0.39, 0.29) is 40.3 Å². The number of aliphatic hydroxyl groups excluding tert-OH is 1. The van der Waals surface area contributed by atoms with Gasteiger partial charge in [-0.1, -0.05) is 29.0 Å². The lowest BCUT2D eigenvalue weighted by Crippen LogP contribution is -2.16. The number of methoxy groups -OCH3 is 1. The summed E-state index contributed by atoms with van der Waals surface area (Å²) in [5.41, 5.74) is 6.58. The van der Waals surface area contributed by atoms with Crippen molar-refractivity contribution in [1.82, 2.24) is 15.2 Å². The van der Waals surface area contributed by atoms with Crippen LogP contribution in [0.25, 0.3) is 21.8 Å². The van der Waals surface area contributed by atoms with Crippen molar-refractivity contribution in [2.45, 2.75) is 20.1 Å². The zero-order valence-corrected chi connectivity index (χ0v) is 20.3. The molecule has 0 atom stereocenters. The summed E-state index contributed by atoms with van der Waals surface area (Å²) < 4.78 is 26.4. The Hall–Kier alpha value is -3.60. The van der Waals surface area contributed by atoms with E-state index in [1.165, 1.54) is 36.6 Å². The van der Waals surface area contributed by atoms with Crippen molar-refractivity contribution < 1.29 is 23.8 Å². The fraction of sp³-hybridized carbons (Fsp3) is 0.167. The SMILES string of the molecule is COc1ccc(CO)c(F)c1-c1cc(C)nc(-c2nnc(COc3ccc(Cl)cc3)s2)c1C(N)=O. The van der Waals surface area contributed by atoms with Gasteiger partial charge in [0.05, 0.1) is 24.8 Å². The van der Waals surface area contributed by atoms with E-state index in [4.69, 9.17) is 26.8 Å². The first-order valence-electron chi connectivity index (χ1n) is 10.3. The molecule has 2 aromatic carbocycles. The van der Waals surface area contributed by atoms with Crippen LogP contribution in [0.4, 0.5) is 4.39 Å². The van der Waals surface area contributed by atoms with Crippen molar-refractivity contribution in [2.24, 2.45) is 5.73 Å². The molecule has 2 heterocycles. The average molecular weight is 515 g/mol. The highest BCUT2D eigenvalue weighted by Crippen LogP contribution is 2.40. The summed E-state index contributed by atoms with van der Waals surface area (Å²) >= 11 is 7.06. The number of hydrogen-bond acceptors (Lipinski definition) is 8. The third-order valence-electron chi connectivity index (χ3n) is 5.08. The molecular formula is C24H20ClFN4O4S. The molecule has 0 aliphatic carbocycles. The van der Waals surface area contributed by atoms with Crippen molar-refractivity contribution in [3.8, 4) is 33.3 Å². The van der Waals surface area contributed by atoms with E-state index in [2.05, 4.69) is 15.2 Å². The Balaban J connectivity index is 1.78. The molecule has 4 rings (SSSR count). The Bertz CT molecular complexity index is 1400. The second-order valence-corrected chi connectivity index (χ2v) is 8.92. The molecule has 0 radical (unpaired) electrons. The number of benzene rings is 2. The number of halogens is 2. The van der Waals surface area contributed by atoms with Crippen LogP contribution in [-0.2, 0) is 13.2 Å². The topological polar surface area (TPSA) is 120 Å². The molecule has 0 fully saturated rings. The number of pyridine rings is 1.